The van der Waals surface area contributed by atoms with E-state index in [9.17, 15) is 14.9 Å². The van der Waals surface area contributed by atoms with Crippen molar-refractivity contribution in [3.8, 4) is 0 Å². The lowest BCUT2D eigenvalue weighted by molar-refractivity contribution is -0.383. The molecule has 1 heterocycles. The van der Waals surface area contributed by atoms with Crippen molar-refractivity contribution in [1.29, 1.82) is 0 Å². The van der Waals surface area contributed by atoms with Gasteiger partial charge in [-0.2, -0.15) is 0 Å². The van der Waals surface area contributed by atoms with Crippen LogP contribution in [0.5, 0.6) is 0 Å². The predicted molar refractivity (Wildman–Crippen MR) is 64.5 cm³/mol. The lowest BCUT2D eigenvalue weighted by atomic mass is 10.0. The first-order valence-corrected chi connectivity index (χ1v) is 5.17. The zero-order chi connectivity index (χ0) is 13.3. The van der Waals surface area contributed by atoms with Crippen molar-refractivity contribution in [3.05, 3.63) is 45.8 Å². The molecule has 1 aromatic heterocycles. The largest absolute Gasteiger partial charge is 0.464 e. The zero-order valence-corrected chi connectivity index (χ0v) is 9.84. The summed E-state index contributed by atoms with van der Waals surface area (Å²) in [6.07, 6.45) is 1.33. The summed E-state index contributed by atoms with van der Waals surface area (Å²) in [6.45, 7) is 1.69. The summed E-state index contributed by atoms with van der Waals surface area (Å²) in [6, 6.07) is 4.70. The van der Waals surface area contributed by atoms with E-state index >= 15 is 0 Å². The van der Waals surface area contributed by atoms with E-state index < -0.39 is 10.9 Å². The minimum absolute atomic E-state index is 0.0282. The number of aromatic nitrogens is 1. The lowest BCUT2D eigenvalue weighted by Gasteiger charge is -2.06. The standard InChI is InChI=1S/C12H10N2O4/c1-7-8-4-3-5-10(14(16)17)9(8)6-13-11(7)12(15)18-2/h3-6H,1-2H3. The summed E-state index contributed by atoms with van der Waals surface area (Å²) in [5.74, 6) is -0.555. The van der Waals surface area contributed by atoms with Crippen LogP contribution in [0.2, 0.25) is 0 Å². The van der Waals surface area contributed by atoms with Gasteiger partial charge in [0.15, 0.2) is 5.69 Å². The molecular weight excluding hydrogens is 236 g/mol. The van der Waals surface area contributed by atoms with Gasteiger partial charge in [-0.1, -0.05) is 12.1 Å². The molecule has 0 atom stereocenters. The van der Waals surface area contributed by atoms with Gasteiger partial charge in [0.2, 0.25) is 0 Å². The lowest BCUT2D eigenvalue weighted by Crippen LogP contribution is -2.07. The number of nitrogens with zero attached hydrogens (tertiary/aromatic N) is 2. The fourth-order valence-electron chi connectivity index (χ4n) is 1.83. The average Bonchev–Trinajstić information content (AvgIpc) is 2.37. The molecule has 0 saturated carbocycles. The van der Waals surface area contributed by atoms with Crippen LogP contribution in [0.3, 0.4) is 0 Å². The highest BCUT2D eigenvalue weighted by molar-refractivity contribution is 5.99. The minimum Gasteiger partial charge on any atom is -0.464 e. The fraction of sp³-hybridized carbons (Fsp3) is 0.167. The first kappa shape index (κ1) is 12.0. The van der Waals surface area contributed by atoms with Crippen molar-refractivity contribution < 1.29 is 14.5 Å². The van der Waals surface area contributed by atoms with Crippen LogP contribution in [-0.2, 0) is 4.74 Å². The fourth-order valence-corrected chi connectivity index (χ4v) is 1.83. The number of carbonyl (C=O) groups excluding carboxylic acids is 1. The predicted octanol–water partition coefficient (Wildman–Crippen LogP) is 2.24. The van der Waals surface area contributed by atoms with Gasteiger partial charge in [0, 0.05) is 12.3 Å². The Morgan fingerprint density at radius 3 is 2.72 bits per heavy atom. The molecule has 0 aliphatic heterocycles. The van der Waals surface area contributed by atoms with Crippen LogP contribution in [0.25, 0.3) is 10.8 Å². The number of hydrogen-bond donors (Lipinski definition) is 0. The number of benzene rings is 1. The molecule has 6 nitrogen and oxygen atoms in total. The number of esters is 1. The number of carbonyl (C=O) groups is 1. The maximum Gasteiger partial charge on any atom is 0.356 e. The molecule has 0 spiro atoms. The highest BCUT2D eigenvalue weighted by atomic mass is 16.6. The van der Waals surface area contributed by atoms with Crippen LogP contribution < -0.4 is 0 Å². The Labute approximate surface area is 102 Å². The number of non-ortho nitro benzene ring substituents is 1. The number of nitro groups is 1. The van der Waals surface area contributed by atoms with Gasteiger partial charge in [-0.05, 0) is 17.9 Å². The van der Waals surface area contributed by atoms with Gasteiger partial charge in [-0.15, -0.1) is 0 Å². The number of fused-ring (bicyclic) bond motifs is 1. The van der Waals surface area contributed by atoms with Crippen molar-refractivity contribution in [2.24, 2.45) is 0 Å². The van der Waals surface area contributed by atoms with Crippen LogP contribution in [-0.4, -0.2) is 23.0 Å². The van der Waals surface area contributed by atoms with Gasteiger partial charge in [-0.3, -0.25) is 10.1 Å². The Hall–Kier alpha value is -2.50. The Balaban J connectivity index is 2.77. The molecule has 0 fully saturated rings. The normalized spacial score (nSPS) is 10.3. The second-order valence-corrected chi connectivity index (χ2v) is 3.72. The molecule has 0 aliphatic carbocycles. The van der Waals surface area contributed by atoms with E-state index in [-0.39, 0.29) is 11.4 Å². The third-order valence-corrected chi connectivity index (χ3v) is 2.74. The van der Waals surface area contributed by atoms with E-state index in [1.54, 1.807) is 19.1 Å². The Morgan fingerprint density at radius 2 is 2.11 bits per heavy atom. The third-order valence-electron chi connectivity index (χ3n) is 2.74. The number of pyridine rings is 1. The summed E-state index contributed by atoms with van der Waals surface area (Å²) in [7, 11) is 1.26. The summed E-state index contributed by atoms with van der Waals surface area (Å²) in [5.41, 5.74) is 0.716. The van der Waals surface area contributed by atoms with Crippen LogP contribution in [0.4, 0.5) is 5.69 Å². The second kappa shape index (κ2) is 4.40. The first-order valence-electron chi connectivity index (χ1n) is 5.17. The summed E-state index contributed by atoms with van der Waals surface area (Å²) < 4.78 is 4.61. The minimum atomic E-state index is -0.555. The number of nitro benzene ring substituents is 1. The van der Waals surface area contributed by atoms with Crippen molar-refractivity contribution in [1.82, 2.24) is 4.98 Å². The van der Waals surface area contributed by atoms with Gasteiger partial charge in [0.25, 0.3) is 5.69 Å². The summed E-state index contributed by atoms with van der Waals surface area (Å²) in [4.78, 5) is 25.8. The van der Waals surface area contributed by atoms with E-state index in [4.69, 9.17) is 0 Å². The van der Waals surface area contributed by atoms with E-state index in [1.165, 1.54) is 19.4 Å². The van der Waals surface area contributed by atoms with Gasteiger partial charge >= 0.3 is 5.97 Å². The van der Waals surface area contributed by atoms with Crippen molar-refractivity contribution >= 4 is 22.4 Å². The molecule has 0 saturated heterocycles. The van der Waals surface area contributed by atoms with Gasteiger partial charge in [0.1, 0.15) is 0 Å². The maximum absolute atomic E-state index is 11.5. The monoisotopic (exact) mass is 246 g/mol. The highest BCUT2D eigenvalue weighted by Gasteiger charge is 2.18. The smallest absolute Gasteiger partial charge is 0.356 e. The van der Waals surface area contributed by atoms with Gasteiger partial charge in [0.05, 0.1) is 17.4 Å². The molecule has 0 unspecified atom stereocenters. The molecule has 0 N–H and O–H groups in total. The molecule has 0 amide bonds. The Kier molecular flexibility index (Phi) is 2.93. The van der Waals surface area contributed by atoms with E-state index in [0.717, 1.165) is 0 Å². The molecule has 2 rings (SSSR count). The first-order chi connectivity index (χ1) is 8.56. The highest BCUT2D eigenvalue weighted by Crippen LogP contribution is 2.28. The van der Waals surface area contributed by atoms with E-state index in [0.29, 0.717) is 16.3 Å². The van der Waals surface area contributed by atoms with E-state index in [1.807, 2.05) is 0 Å². The quantitative estimate of drug-likeness (QED) is 0.461. The van der Waals surface area contributed by atoms with Gasteiger partial charge < -0.3 is 4.74 Å². The van der Waals surface area contributed by atoms with E-state index in [2.05, 4.69) is 9.72 Å². The average molecular weight is 246 g/mol. The molecule has 2 aromatic rings. The number of aryl methyl sites for hydroxylation is 1. The molecule has 1 aromatic carbocycles. The summed E-state index contributed by atoms with van der Waals surface area (Å²) >= 11 is 0. The zero-order valence-electron chi connectivity index (χ0n) is 9.84. The molecular formula is C12H10N2O4. The Morgan fingerprint density at radius 1 is 1.39 bits per heavy atom. The number of hydrogen-bond acceptors (Lipinski definition) is 5. The maximum atomic E-state index is 11.5. The number of rotatable bonds is 2. The third kappa shape index (κ3) is 1.77. The van der Waals surface area contributed by atoms with Crippen LogP contribution in [0, 0.1) is 17.0 Å². The molecule has 92 valence electrons. The SMILES string of the molecule is COC(=O)c1ncc2c([N+](=O)[O-])cccc2c1C. The molecule has 0 radical (unpaired) electrons. The van der Waals surface area contributed by atoms with Crippen LogP contribution >= 0.6 is 0 Å². The topological polar surface area (TPSA) is 82.3 Å². The molecule has 18 heavy (non-hydrogen) atoms. The van der Waals surface area contributed by atoms with Crippen molar-refractivity contribution in [2.45, 2.75) is 6.92 Å². The summed E-state index contributed by atoms with van der Waals surface area (Å²) in [5, 5.41) is 11.9. The van der Waals surface area contributed by atoms with Crippen LogP contribution in [0.1, 0.15) is 16.1 Å². The van der Waals surface area contributed by atoms with Gasteiger partial charge in [-0.25, -0.2) is 9.78 Å². The molecule has 0 bridgehead atoms. The van der Waals surface area contributed by atoms with Crippen molar-refractivity contribution in [3.63, 3.8) is 0 Å². The molecule has 0 aliphatic rings. The number of methoxy groups -OCH3 is 1. The number of ether oxygens (including phenoxy) is 1. The van der Waals surface area contributed by atoms with Crippen LogP contribution in [0.15, 0.2) is 24.4 Å². The Bertz CT molecular complexity index is 652. The molecule has 6 heteroatoms. The second-order valence-electron chi connectivity index (χ2n) is 3.72. The van der Waals surface area contributed by atoms with Crippen molar-refractivity contribution in [2.75, 3.05) is 7.11 Å².